The van der Waals surface area contributed by atoms with Gasteiger partial charge in [-0.15, -0.1) is 0 Å². The van der Waals surface area contributed by atoms with Crippen LogP contribution in [0.1, 0.15) is 35.2 Å². The van der Waals surface area contributed by atoms with Crippen molar-refractivity contribution in [3.63, 3.8) is 0 Å². The molecule has 0 unspecified atom stereocenters. The van der Waals surface area contributed by atoms with E-state index in [1.165, 1.54) is 0 Å². The summed E-state index contributed by atoms with van der Waals surface area (Å²) in [5.41, 5.74) is 2.80. The van der Waals surface area contributed by atoms with Crippen LogP contribution in [0.3, 0.4) is 0 Å². The number of hydrogen-bond acceptors (Lipinski definition) is 5. The molecule has 0 saturated carbocycles. The van der Waals surface area contributed by atoms with E-state index in [9.17, 15) is 9.59 Å². The summed E-state index contributed by atoms with van der Waals surface area (Å²) in [6, 6.07) is 12.3. The summed E-state index contributed by atoms with van der Waals surface area (Å²) < 4.78 is 2.15. The third kappa shape index (κ3) is 6.34. The van der Waals surface area contributed by atoms with Gasteiger partial charge < -0.3 is 25.0 Å². The molecule has 4 heterocycles. The highest BCUT2D eigenvalue weighted by atomic mass is 16.2. The van der Waals surface area contributed by atoms with Gasteiger partial charge in [0.05, 0.1) is 5.56 Å². The van der Waals surface area contributed by atoms with E-state index in [-0.39, 0.29) is 11.9 Å². The van der Waals surface area contributed by atoms with E-state index >= 15 is 0 Å². The Kier molecular flexibility index (Phi) is 8.55. The zero-order chi connectivity index (χ0) is 26.3. The van der Waals surface area contributed by atoms with E-state index < -0.39 is 0 Å². The molecule has 0 atom stereocenters. The van der Waals surface area contributed by atoms with Crippen LogP contribution in [-0.4, -0.2) is 95.1 Å². The maximum Gasteiger partial charge on any atom is 0.315 e. The molecule has 2 N–H and O–H groups in total. The molecule has 38 heavy (non-hydrogen) atoms. The number of pyridine rings is 1. The van der Waals surface area contributed by atoms with Gasteiger partial charge in [-0.3, -0.25) is 14.7 Å². The van der Waals surface area contributed by atoms with Crippen molar-refractivity contribution in [1.29, 1.82) is 0 Å². The lowest BCUT2D eigenvalue weighted by Gasteiger charge is -2.42. The fourth-order valence-electron chi connectivity index (χ4n) is 5.59. The van der Waals surface area contributed by atoms with Crippen LogP contribution in [0.4, 0.5) is 4.79 Å². The molecule has 0 spiro atoms. The smallest absolute Gasteiger partial charge is 0.315 e. The number of likely N-dealkylation sites (tertiary alicyclic amines) is 1. The van der Waals surface area contributed by atoms with Crippen molar-refractivity contribution < 1.29 is 9.59 Å². The van der Waals surface area contributed by atoms with Crippen molar-refractivity contribution in [3.05, 3.63) is 66.1 Å². The number of amides is 3. The molecular weight excluding hydrogens is 478 g/mol. The molecule has 9 nitrogen and oxygen atoms in total. The Balaban J connectivity index is 1.13. The highest BCUT2D eigenvalue weighted by Gasteiger charge is 2.30. The minimum atomic E-state index is -0.193. The molecule has 2 aliphatic heterocycles. The van der Waals surface area contributed by atoms with Gasteiger partial charge in [0.15, 0.2) is 0 Å². The Morgan fingerprint density at radius 3 is 2.53 bits per heavy atom. The lowest BCUT2D eigenvalue weighted by Crippen LogP contribution is -2.52. The highest BCUT2D eigenvalue weighted by molar-refractivity contribution is 6.07. The van der Waals surface area contributed by atoms with Crippen LogP contribution in [-0.2, 0) is 13.1 Å². The maximum atomic E-state index is 13.6. The van der Waals surface area contributed by atoms with Crippen LogP contribution >= 0.6 is 0 Å². The van der Waals surface area contributed by atoms with Crippen molar-refractivity contribution in [1.82, 2.24) is 34.9 Å². The Labute approximate surface area is 224 Å². The van der Waals surface area contributed by atoms with Gasteiger partial charge in [-0.2, -0.15) is 0 Å². The standard InChI is InChI=1S/C29H39N7O2/c1-33-16-18-34(19-17-33)24-9-14-35(15-10-24)28(37)26-22-36(27-8-3-2-7-25(26)27)13-5-12-31-29(38)32-21-23-6-4-11-30-20-23/h2-4,6-8,11,20,22,24H,5,9-10,12-19,21H2,1H3,(H2,31,32,38). The second-order valence-electron chi connectivity index (χ2n) is 10.4. The van der Waals surface area contributed by atoms with Gasteiger partial charge in [-0.1, -0.05) is 24.3 Å². The third-order valence-corrected chi connectivity index (χ3v) is 7.86. The highest BCUT2D eigenvalue weighted by Crippen LogP contribution is 2.25. The summed E-state index contributed by atoms with van der Waals surface area (Å²) in [5.74, 6) is 0.129. The average molecular weight is 518 g/mol. The number of rotatable bonds is 8. The SMILES string of the molecule is CN1CCN(C2CCN(C(=O)c3cn(CCCNC(=O)NCc4cccnc4)c4ccccc34)CC2)CC1. The number of carbonyl (C=O) groups excluding carboxylic acids is 2. The number of piperidine rings is 1. The second-order valence-corrected chi connectivity index (χ2v) is 10.4. The van der Waals surface area contributed by atoms with Gasteiger partial charge >= 0.3 is 6.03 Å². The van der Waals surface area contributed by atoms with Gasteiger partial charge in [0.2, 0.25) is 0 Å². The van der Waals surface area contributed by atoms with E-state index in [0.29, 0.717) is 19.1 Å². The molecule has 1 aromatic carbocycles. The van der Waals surface area contributed by atoms with E-state index in [1.807, 2.05) is 41.4 Å². The van der Waals surface area contributed by atoms with Crippen LogP contribution in [0, 0.1) is 0 Å². The van der Waals surface area contributed by atoms with Crippen molar-refractivity contribution in [3.8, 4) is 0 Å². The number of carbonyl (C=O) groups is 2. The first-order valence-electron chi connectivity index (χ1n) is 13.8. The van der Waals surface area contributed by atoms with Gasteiger partial charge in [-0.25, -0.2) is 4.79 Å². The van der Waals surface area contributed by atoms with Crippen molar-refractivity contribution >= 4 is 22.8 Å². The van der Waals surface area contributed by atoms with Crippen molar-refractivity contribution in [2.24, 2.45) is 0 Å². The molecule has 202 valence electrons. The van der Waals surface area contributed by atoms with Crippen molar-refractivity contribution in [2.75, 3.05) is 52.9 Å². The summed E-state index contributed by atoms with van der Waals surface area (Å²) >= 11 is 0. The molecule has 0 bridgehead atoms. The number of likely N-dealkylation sites (N-methyl/N-ethyl adjacent to an activating group) is 1. The zero-order valence-corrected chi connectivity index (χ0v) is 22.3. The van der Waals surface area contributed by atoms with E-state index in [2.05, 4.69) is 43.1 Å². The fourth-order valence-corrected chi connectivity index (χ4v) is 5.59. The normalized spacial score (nSPS) is 17.6. The fraction of sp³-hybridized carbons (Fsp3) is 0.483. The predicted octanol–water partition coefficient (Wildman–Crippen LogP) is 2.78. The van der Waals surface area contributed by atoms with Crippen LogP contribution in [0.2, 0.25) is 0 Å². The summed E-state index contributed by atoms with van der Waals surface area (Å²) in [5, 5.41) is 6.78. The number of hydrogen-bond donors (Lipinski definition) is 2. The number of nitrogens with zero attached hydrogens (tertiary/aromatic N) is 5. The Morgan fingerprint density at radius 2 is 1.76 bits per heavy atom. The minimum Gasteiger partial charge on any atom is -0.347 e. The molecule has 5 rings (SSSR count). The number of aryl methyl sites for hydroxylation is 1. The van der Waals surface area contributed by atoms with E-state index in [4.69, 9.17) is 0 Å². The predicted molar refractivity (Wildman–Crippen MR) is 149 cm³/mol. The second kappa shape index (κ2) is 12.4. The first-order chi connectivity index (χ1) is 18.6. The van der Waals surface area contributed by atoms with E-state index in [1.54, 1.807) is 12.4 Å². The number of para-hydroxylation sites is 1. The van der Waals surface area contributed by atoms with Gasteiger partial charge in [0.25, 0.3) is 5.91 Å². The largest absolute Gasteiger partial charge is 0.347 e. The summed E-state index contributed by atoms with van der Waals surface area (Å²) in [6.07, 6.45) is 8.31. The third-order valence-electron chi connectivity index (χ3n) is 7.86. The summed E-state index contributed by atoms with van der Waals surface area (Å²) in [6.45, 7) is 7.86. The lowest BCUT2D eigenvalue weighted by molar-refractivity contribution is 0.0520. The van der Waals surface area contributed by atoms with Crippen LogP contribution < -0.4 is 10.6 Å². The van der Waals surface area contributed by atoms with E-state index in [0.717, 1.165) is 87.1 Å². The molecule has 2 saturated heterocycles. The number of nitrogens with one attached hydrogen (secondary N) is 2. The summed E-state index contributed by atoms with van der Waals surface area (Å²) in [4.78, 5) is 36.8. The molecule has 2 fully saturated rings. The Hall–Kier alpha value is -3.43. The number of benzene rings is 1. The van der Waals surface area contributed by atoms with Crippen LogP contribution in [0.5, 0.6) is 0 Å². The Bertz CT molecular complexity index is 1210. The molecule has 2 aromatic heterocycles. The van der Waals surface area contributed by atoms with Gasteiger partial charge in [-0.05, 0) is 44.0 Å². The molecule has 0 aliphatic carbocycles. The first kappa shape index (κ1) is 26.2. The zero-order valence-electron chi connectivity index (χ0n) is 22.3. The number of aromatic nitrogens is 2. The van der Waals surface area contributed by atoms with Gasteiger partial charge in [0.1, 0.15) is 0 Å². The molecular formula is C29H39N7O2. The molecule has 9 heteroatoms. The minimum absolute atomic E-state index is 0.129. The monoisotopic (exact) mass is 517 g/mol. The van der Waals surface area contributed by atoms with Gasteiger partial charge in [0, 0.05) is 94.4 Å². The van der Waals surface area contributed by atoms with Crippen LogP contribution in [0.15, 0.2) is 55.0 Å². The number of urea groups is 1. The Morgan fingerprint density at radius 1 is 0.974 bits per heavy atom. The average Bonchev–Trinajstić information content (AvgIpc) is 3.33. The molecule has 3 amide bonds. The summed E-state index contributed by atoms with van der Waals surface area (Å²) in [7, 11) is 2.19. The quantitative estimate of drug-likeness (QED) is 0.449. The van der Waals surface area contributed by atoms with Crippen molar-refractivity contribution in [2.45, 2.75) is 38.4 Å². The lowest BCUT2D eigenvalue weighted by atomic mass is 10.0. The van der Waals surface area contributed by atoms with Crippen LogP contribution in [0.25, 0.3) is 10.9 Å². The first-order valence-corrected chi connectivity index (χ1v) is 13.8. The molecule has 2 aliphatic rings. The molecule has 3 aromatic rings. The topological polar surface area (TPSA) is 85.7 Å². The molecule has 0 radical (unpaired) electrons. The maximum absolute atomic E-state index is 13.6. The number of piperazine rings is 1. The number of fused-ring (bicyclic) bond motifs is 1.